The summed E-state index contributed by atoms with van der Waals surface area (Å²) in [7, 11) is 0. The van der Waals surface area contributed by atoms with Crippen LogP contribution in [0.2, 0.25) is 0 Å². The van der Waals surface area contributed by atoms with E-state index in [-0.39, 0.29) is 18.4 Å². The maximum absolute atomic E-state index is 12.1. The number of nitrogens with one attached hydrogen (secondary N) is 1. The SMILES string of the molecule is NC(CC(=O)Nc1ccc(N2CCCC2)nc1)c1ccccc1. The number of pyridine rings is 1. The zero-order chi connectivity index (χ0) is 16.1. The van der Waals surface area contributed by atoms with Gasteiger partial charge in [-0.3, -0.25) is 4.79 Å². The van der Waals surface area contributed by atoms with E-state index < -0.39 is 0 Å². The Hall–Kier alpha value is -2.40. The highest BCUT2D eigenvalue weighted by atomic mass is 16.1. The van der Waals surface area contributed by atoms with Gasteiger partial charge in [0.15, 0.2) is 0 Å². The summed E-state index contributed by atoms with van der Waals surface area (Å²) in [5, 5.41) is 2.86. The lowest BCUT2D eigenvalue weighted by Crippen LogP contribution is -2.21. The fourth-order valence-electron chi connectivity index (χ4n) is 2.82. The average molecular weight is 310 g/mol. The number of carbonyl (C=O) groups excluding carboxylic acids is 1. The van der Waals surface area contributed by atoms with Gasteiger partial charge in [0.25, 0.3) is 0 Å². The number of hydrogen-bond donors (Lipinski definition) is 2. The third-order valence-electron chi connectivity index (χ3n) is 4.09. The highest BCUT2D eigenvalue weighted by molar-refractivity contribution is 5.91. The van der Waals surface area contributed by atoms with Crippen molar-refractivity contribution in [1.82, 2.24) is 4.98 Å². The van der Waals surface area contributed by atoms with Gasteiger partial charge in [-0.15, -0.1) is 0 Å². The van der Waals surface area contributed by atoms with Crippen molar-refractivity contribution in [2.45, 2.75) is 25.3 Å². The highest BCUT2D eigenvalue weighted by Gasteiger charge is 2.14. The van der Waals surface area contributed by atoms with Gasteiger partial charge in [0.2, 0.25) is 5.91 Å². The van der Waals surface area contributed by atoms with Crippen molar-refractivity contribution in [3.8, 4) is 0 Å². The van der Waals surface area contributed by atoms with Gasteiger partial charge < -0.3 is 16.0 Å². The van der Waals surface area contributed by atoms with Gasteiger partial charge >= 0.3 is 0 Å². The topological polar surface area (TPSA) is 71.2 Å². The van der Waals surface area contributed by atoms with Crippen LogP contribution in [0.4, 0.5) is 11.5 Å². The molecule has 23 heavy (non-hydrogen) atoms. The van der Waals surface area contributed by atoms with Crippen molar-refractivity contribution in [3.63, 3.8) is 0 Å². The maximum Gasteiger partial charge on any atom is 0.226 e. The molecule has 1 aromatic carbocycles. The van der Waals surface area contributed by atoms with E-state index in [0.717, 1.165) is 24.5 Å². The van der Waals surface area contributed by atoms with Gasteiger partial charge in [-0.05, 0) is 30.5 Å². The lowest BCUT2D eigenvalue weighted by atomic mass is 10.0. The van der Waals surface area contributed by atoms with Gasteiger partial charge in [-0.2, -0.15) is 0 Å². The third kappa shape index (κ3) is 4.07. The molecule has 1 fully saturated rings. The zero-order valence-corrected chi connectivity index (χ0v) is 13.1. The van der Waals surface area contributed by atoms with Crippen molar-refractivity contribution in [2.24, 2.45) is 5.73 Å². The van der Waals surface area contributed by atoms with Crippen molar-refractivity contribution in [3.05, 3.63) is 54.2 Å². The molecule has 1 amide bonds. The summed E-state index contributed by atoms with van der Waals surface area (Å²) in [6.07, 6.45) is 4.40. The monoisotopic (exact) mass is 310 g/mol. The molecule has 1 aliphatic heterocycles. The molecule has 3 N–H and O–H groups in total. The summed E-state index contributed by atoms with van der Waals surface area (Å²) in [5.41, 5.74) is 7.74. The Kier molecular flexibility index (Phi) is 4.88. The summed E-state index contributed by atoms with van der Waals surface area (Å²) >= 11 is 0. The zero-order valence-electron chi connectivity index (χ0n) is 13.1. The van der Waals surface area contributed by atoms with Crippen LogP contribution in [0.25, 0.3) is 0 Å². The van der Waals surface area contributed by atoms with Gasteiger partial charge in [0, 0.05) is 25.6 Å². The summed E-state index contributed by atoms with van der Waals surface area (Å²) < 4.78 is 0. The molecule has 3 rings (SSSR count). The van der Waals surface area contributed by atoms with Crippen LogP contribution in [0, 0.1) is 0 Å². The largest absolute Gasteiger partial charge is 0.357 e. The quantitative estimate of drug-likeness (QED) is 0.891. The first-order valence-electron chi connectivity index (χ1n) is 8.04. The number of hydrogen-bond acceptors (Lipinski definition) is 4. The number of aromatic nitrogens is 1. The molecule has 2 aromatic rings. The lowest BCUT2D eigenvalue weighted by Gasteiger charge is -2.16. The van der Waals surface area contributed by atoms with Crippen molar-refractivity contribution < 1.29 is 4.79 Å². The summed E-state index contributed by atoms with van der Waals surface area (Å²) in [4.78, 5) is 18.8. The number of benzene rings is 1. The van der Waals surface area contributed by atoms with Crippen LogP contribution in [0.3, 0.4) is 0 Å². The van der Waals surface area contributed by atoms with Crippen LogP contribution in [-0.2, 0) is 4.79 Å². The molecule has 1 atom stereocenters. The van der Waals surface area contributed by atoms with Crippen LogP contribution in [0.5, 0.6) is 0 Å². The maximum atomic E-state index is 12.1. The smallest absolute Gasteiger partial charge is 0.226 e. The summed E-state index contributed by atoms with van der Waals surface area (Å²) in [6, 6.07) is 13.2. The molecule has 0 aliphatic carbocycles. The Morgan fingerprint density at radius 2 is 1.91 bits per heavy atom. The second-order valence-electron chi connectivity index (χ2n) is 5.87. The van der Waals surface area contributed by atoms with Crippen molar-refractivity contribution >= 4 is 17.4 Å². The second-order valence-corrected chi connectivity index (χ2v) is 5.87. The third-order valence-corrected chi connectivity index (χ3v) is 4.09. The second kappa shape index (κ2) is 7.24. The highest BCUT2D eigenvalue weighted by Crippen LogP contribution is 2.20. The minimum atomic E-state index is -0.298. The van der Waals surface area contributed by atoms with E-state index in [1.54, 1.807) is 6.20 Å². The molecule has 0 bridgehead atoms. The van der Waals surface area contributed by atoms with E-state index in [1.807, 2.05) is 42.5 Å². The number of nitrogens with two attached hydrogens (primary N) is 1. The average Bonchev–Trinajstić information content (AvgIpc) is 3.11. The number of amides is 1. The summed E-state index contributed by atoms with van der Waals surface area (Å²) in [5.74, 6) is 0.874. The Morgan fingerprint density at radius 1 is 1.17 bits per heavy atom. The fourth-order valence-corrected chi connectivity index (χ4v) is 2.82. The summed E-state index contributed by atoms with van der Waals surface area (Å²) in [6.45, 7) is 2.12. The van der Waals surface area contributed by atoms with Crippen LogP contribution in [-0.4, -0.2) is 24.0 Å². The van der Waals surface area contributed by atoms with Gasteiger partial charge in [-0.25, -0.2) is 4.98 Å². The minimum Gasteiger partial charge on any atom is -0.357 e. The van der Waals surface area contributed by atoms with E-state index >= 15 is 0 Å². The predicted octanol–water partition coefficient (Wildman–Crippen LogP) is 2.71. The normalized spacial score (nSPS) is 15.4. The Labute approximate surface area is 136 Å². The molecule has 2 heterocycles. The molecule has 5 nitrogen and oxygen atoms in total. The Bertz CT molecular complexity index is 636. The molecular formula is C18H22N4O. The van der Waals surface area contributed by atoms with Gasteiger partial charge in [0.05, 0.1) is 11.9 Å². The Balaban J connectivity index is 1.55. The molecule has 0 spiro atoms. The van der Waals surface area contributed by atoms with Crippen LogP contribution in [0.1, 0.15) is 30.9 Å². The van der Waals surface area contributed by atoms with Crippen LogP contribution in [0.15, 0.2) is 48.7 Å². The number of carbonyl (C=O) groups is 1. The Morgan fingerprint density at radius 3 is 2.57 bits per heavy atom. The molecule has 1 aromatic heterocycles. The molecule has 1 aliphatic rings. The number of anilines is 2. The molecule has 0 radical (unpaired) electrons. The van der Waals surface area contributed by atoms with Crippen molar-refractivity contribution in [2.75, 3.05) is 23.3 Å². The van der Waals surface area contributed by atoms with E-state index in [1.165, 1.54) is 12.8 Å². The lowest BCUT2D eigenvalue weighted by molar-refractivity contribution is -0.116. The standard InChI is InChI=1S/C18H22N4O/c19-16(14-6-2-1-3-7-14)12-18(23)21-15-8-9-17(20-13-15)22-10-4-5-11-22/h1-3,6-9,13,16H,4-5,10-12,19H2,(H,21,23). The van der Waals surface area contributed by atoms with E-state index in [9.17, 15) is 4.79 Å². The van der Waals surface area contributed by atoms with Crippen LogP contribution >= 0.6 is 0 Å². The first kappa shape index (κ1) is 15.5. The molecule has 5 heteroatoms. The predicted molar refractivity (Wildman–Crippen MR) is 92.3 cm³/mol. The first-order valence-corrected chi connectivity index (χ1v) is 8.04. The molecule has 1 saturated heterocycles. The molecule has 120 valence electrons. The molecule has 0 saturated carbocycles. The van der Waals surface area contributed by atoms with E-state index in [4.69, 9.17) is 5.73 Å². The number of nitrogens with zero attached hydrogens (tertiary/aromatic N) is 2. The molecule has 1 unspecified atom stereocenters. The fraction of sp³-hybridized carbons (Fsp3) is 0.333. The van der Waals surface area contributed by atoms with Gasteiger partial charge in [0.1, 0.15) is 5.82 Å². The number of rotatable bonds is 5. The van der Waals surface area contributed by atoms with E-state index in [0.29, 0.717) is 5.69 Å². The van der Waals surface area contributed by atoms with Crippen molar-refractivity contribution in [1.29, 1.82) is 0 Å². The van der Waals surface area contributed by atoms with Gasteiger partial charge in [-0.1, -0.05) is 30.3 Å². The minimum absolute atomic E-state index is 0.0999. The van der Waals surface area contributed by atoms with E-state index in [2.05, 4.69) is 15.2 Å². The van der Waals surface area contributed by atoms with Crippen LogP contribution < -0.4 is 16.0 Å². The molecular weight excluding hydrogens is 288 g/mol. The first-order chi connectivity index (χ1) is 11.2.